The number of anilines is 2. The molecule has 33 heavy (non-hydrogen) atoms. The second kappa shape index (κ2) is 9.06. The van der Waals surface area contributed by atoms with Crippen molar-refractivity contribution >= 4 is 23.4 Å². The lowest BCUT2D eigenvalue weighted by Crippen LogP contribution is -2.50. The minimum atomic E-state index is -4.60. The minimum Gasteiger partial charge on any atom is -0.452 e. The summed E-state index contributed by atoms with van der Waals surface area (Å²) in [4.78, 5) is 30.1. The van der Waals surface area contributed by atoms with Crippen LogP contribution in [0.2, 0.25) is 0 Å². The van der Waals surface area contributed by atoms with Gasteiger partial charge in [-0.15, -0.1) is 0 Å². The van der Waals surface area contributed by atoms with Crippen molar-refractivity contribution in [3.8, 4) is 0 Å². The van der Waals surface area contributed by atoms with E-state index in [1.54, 1.807) is 4.90 Å². The Balaban J connectivity index is 1.60. The summed E-state index contributed by atoms with van der Waals surface area (Å²) in [5.74, 6) is 0.120. The fourth-order valence-corrected chi connectivity index (χ4v) is 5.78. The smallest absolute Gasteiger partial charge is 0.418 e. The Morgan fingerprint density at radius 2 is 1.85 bits per heavy atom. The lowest BCUT2D eigenvalue weighted by Gasteiger charge is -2.42. The largest absolute Gasteiger partial charge is 0.452 e. The quantitative estimate of drug-likeness (QED) is 0.624. The zero-order valence-electron chi connectivity index (χ0n) is 19.3. The molecule has 0 bridgehead atoms. The van der Waals surface area contributed by atoms with E-state index < -0.39 is 23.2 Å². The third-order valence-electron chi connectivity index (χ3n) is 7.60. The first-order valence-corrected chi connectivity index (χ1v) is 11.8. The van der Waals surface area contributed by atoms with Crippen LogP contribution in [0.3, 0.4) is 0 Å². The molecule has 6 nitrogen and oxygen atoms in total. The lowest BCUT2D eigenvalue weighted by molar-refractivity contribution is -0.139. The van der Waals surface area contributed by atoms with Gasteiger partial charge in [-0.25, -0.2) is 4.79 Å². The van der Waals surface area contributed by atoms with Gasteiger partial charge >= 0.3 is 12.3 Å². The maximum atomic E-state index is 14.0. The fraction of sp³-hybridized carbons (Fsp3) is 0.667. The van der Waals surface area contributed by atoms with E-state index >= 15 is 0 Å². The summed E-state index contributed by atoms with van der Waals surface area (Å²) in [6, 6.07) is 4.17. The van der Waals surface area contributed by atoms with Gasteiger partial charge in [-0.1, -0.05) is 19.3 Å². The van der Waals surface area contributed by atoms with Crippen molar-refractivity contribution < 1.29 is 27.5 Å². The summed E-state index contributed by atoms with van der Waals surface area (Å²) in [6.07, 6.45) is 2.28. The first kappa shape index (κ1) is 23.7. The van der Waals surface area contributed by atoms with E-state index in [0.29, 0.717) is 32.5 Å². The molecule has 1 aromatic rings. The Morgan fingerprint density at radius 3 is 2.52 bits per heavy atom. The van der Waals surface area contributed by atoms with Gasteiger partial charge in [0.2, 0.25) is 5.91 Å². The number of carbonyl (C=O) groups is 2. The molecule has 1 saturated carbocycles. The van der Waals surface area contributed by atoms with Crippen molar-refractivity contribution in [2.75, 3.05) is 43.6 Å². The second-order valence-corrected chi connectivity index (χ2v) is 9.57. The van der Waals surface area contributed by atoms with Crippen LogP contribution in [0.1, 0.15) is 56.9 Å². The molecule has 0 N–H and O–H groups in total. The number of amides is 2. The highest BCUT2D eigenvalue weighted by atomic mass is 19.4. The Morgan fingerprint density at radius 1 is 1.12 bits per heavy atom. The van der Waals surface area contributed by atoms with Gasteiger partial charge in [0.05, 0.1) is 18.1 Å². The van der Waals surface area contributed by atoms with Gasteiger partial charge in [-0.2, -0.15) is 13.2 Å². The number of likely N-dealkylation sites (tertiary alicyclic amines) is 1. The van der Waals surface area contributed by atoms with Crippen molar-refractivity contribution in [1.82, 2.24) is 4.90 Å². The number of ether oxygens (including phenoxy) is 1. The van der Waals surface area contributed by atoms with E-state index in [4.69, 9.17) is 0 Å². The maximum Gasteiger partial charge on any atom is 0.418 e. The Labute approximate surface area is 192 Å². The fourth-order valence-electron chi connectivity index (χ4n) is 5.78. The lowest BCUT2D eigenvalue weighted by atomic mass is 9.78. The molecule has 1 aliphatic carbocycles. The van der Waals surface area contributed by atoms with Crippen LogP contribution in [0, 0.1) is 5.41 Å². The van der Waals surface area contributed by atoms with E-state index in [-0.39, 0.29) is 23.3 Å². The molecule has 0 unspecified atom stereocenters. The Kier molecular flexibility index (Phi) is 6.51. The summed E-state index contributed by atoms with van der Waals surface area (Å²) < 4.78 is 46.8. The van der Waals surface area contributed by atoms with Crippen LogP contribution in [0.5, 0.6) is 0 Å². The zero-order valence-corrected chi connectivity index (χ0v) is 19.3. The number of carbonyl (C=O) groups excluding carboxylic acids is 2. The molecule has 182 valence electrons. The van der Waals surface area contributed by atoms with Crippen molar-refractivity contribution in [3.63, 3.8) is 0 Å². The van der Waals surface area contributed by atoms with Crippen LogP contribution in [-0.4, -0.2) is 56.7 Å². The SMILES string of the molecule is COC(=O)N(C)c1ccc(N2CCC[C@@]3(CCN(C4CCCCC4)C3=O)C2)c(C(F)(F)F)c1. The summed E-state index contributed by atoms with van der Waals surface area (Å²) in [5.41, 5.74) is -1.25. The third-order valence-corrected chi connectivity index (χ3v) is 7.60. The molecule has 3 aliphatic rings. The van der Waals surface area contributed by atoms with Crippen LogP contribution >= 0.6 is 0 Å². The van der Waals surface area contributed by atoms with Crippen molar-refractivity contribution in [2.45, 2.75) is 63.6 Å². The number of piperidine rings is 1. The number of hydrogen-bond donors (Lipinski definition) is 0. The van der Waals surface area contributed by atoms with Crippen molar-refractivity contribution in [1.29, 1.82) is 0 Å². The zero-order chi connectivity index (χ0) is 23.8. The van der Waals surface area contributed by atoms with Crippen LogP contribution in [0.15, 0.2) is 18.2 Å². The number of benzene rings is 1. The molecule has 0 radical (unpaired) electrons. The molecule has 0 aromatic heterocycles. The van der Waals surface area contributed by atoms with Gasteiger partial charge in [-0.3, -0.25) is 9.69 Å². The first-order chi connectivity index (χ1) is 15.7. The van der Waals surface area contributed by atoms with Gasteiger partial charge < -0.3 is 14.5 Å². The molecule has 9 heteroatoms. The van der Waals surface area contributed by atoms with Crippen LogP contribution < -0.4 is 9.80 Å². The molecule has 2 heterocycles. The van der Waals surface area contributed by atoms with Crippen molar-refractivity contribution in [3.05, 3.63) is 23.8 Å². The molecular formula is C24H32F3N3O3. The van der Waals surface area contributed by atoms with E-state index in [1.807, 2.05) is 4.90 Å². The maximum absolute atomic E-state index is 14.0. The average molecular weight is 468 g/mol. The Hall–Kier alpha value is -2.45. The van der Waals surface area contributed by atoms with Gasteiger partial charge in [-0.05, 0) is 50.3 Å². The van der Waals surface area contributed by atoms with Crippen LogP contribution in [-0.2, 0) is 15.7 Å². The van der Waals surface area contributed by atoms with Gasteiger partial charge in [0.1, 0.15) is 0 Å². The summed E-state index contributed by atoms with van der Waals surface area (Å²) in [7, 11) is 2.55. The number of halogens is 3. The summed E-state index contributed by atoms with van der Waals surface area (Å²) >= 11 is 0. The van der Waals surface area contributed by atoms with E-state index in [9.17, 15) is 22.8 Å². The average Bonchev–Trinajstić information content (AvgIpc) is 3.12. The number of alkyl halides is 3. The van der Waals surface area contributed by atoms with Crippen LogP contribution in [0.25, 0.3) is 0 Å². The number of nitrogens with zero attached hydrogens (tertiary/aromatic N) is 3. The predicted octanol–water partition coefficient (Wildman–Crippen LogP) is 5.06. The van der Waals surface area contributed by atoms with Gasteiger partial charge in [0.25, 0.3) is 0 Å². The second-order valence-electron chi connectivity index (χ2n) is 9.57. The van der Waals surface area contributed by atoms with Gasteiger partial charge in [0.15, 0.2) is 0 Å². The summed E-state index contributed by atoms with van der Waals surface area (Å²) in [5, 5.41) is 0. The standard InChI is InChI=1S/C24H32F3N3O3/c1-28(22(32)33-2)18-9-10-20(19(15-18)24(25,26)27)29-13-6-11-23(16-29)12-14-30(21(23)31)17-7-4-3-5-8-17/h9-10,15,17H,3-8,11-14,16H2,1-2H3/t23-/m1/s1. The number of rotatable bonds is 3. The van der Waals surface area contributed by atoms with E-state index in [1.165, 1.54) is 32.7 Å². The molecule has 1 spiro atoms. The third kappa shape index (κ3) is 4.51. The molecule has 3 fully saturated rings. The normalized spacial score (nSPS) is 24.5. The number of methoxy groups -OCH3 is 1. The highest BCUT2D eigenvalue weighted by Gasteiger charge is 2.51. The molecule has 1 atom stereocenters. The first-order valence-electron chi connectivity index (χ1n) is 11.8. The number of hydrogen-bond acceptors (Lipinski definition) is 4. The predicted molar refractivity (Wildman–Crippen MR) is 119 cm³/mol. The van der Waals surface area contributed by atoms with E-state index in [2.05, 4.69) is 4.74 Å². The molecule has 2 saturated heterocycles. The van der Waals surface area contributed by atoms with E-state index in [0.717, 1.165) is 43.1 Å². The monoisotopic (exact) mass is 467 g/mol. The Bertz CT molecular complexity index is 901. The molecule has 2 aliphatic heterocycles. The molecule has 2 amide bonds. The highest BCUT2D eigenvalue weighted by Crippen LogP contribution is 2.46. The topological polar surface area (TPSA) is 53.1 Å². The molecule has 4 rings (SSSR count). The molecule has 1 aromatic carbocycles. The summed E-state index contributed by atoms with van der Waals surface area (Å²) in [6.45, 7) is 1.46. The van der Waals surface area contributed by atoms with Crippen molar-refractivity contribution in [2.24, 2.45) is 5.41 Å². The molecular weight excluding hydrogens is 435 g/mol. The minimum absolute atomic E-state index is 0.0625. The highest BCUT2D eigenvalue weighted by molar-refractivity contribution is 5.88. The van der Waals surface area contributed by atoms with Gasteiger partial charge in [0, 0.05) is 44.1 Å². The van der Waals surface area contributed by atoms with Crippen LogP contribution in [0.4, 0.5) is 29.3 Å².